The first-order chi connectivity index (χ1) is 17.0. The molecule has 1 aromatic heterocycles. The van der Waals surface area contributed by atoms with Gasteiger partial charge in [0.05, 0.1) is 19.0 Å². The predicted molar refractivity (Wildman–Crippen MR) is 143 cm³/mol. The van der Waals surface area contributed by atoms with E-state index >= 15 is 0 Å². The summed E-state index contributed by atoms with van der Waals surface area (Å²) < 4.78 is 1.89. The first-order valence-electron chi connectivity index (χ1n) is 12.9. The molecule has 0 fully saturated rings. The Labute approximate surface area is 208 Å². The SMILES string of the molecule is Cc1ccc(N2CN(CCC3=CCCCC3)Cn3c2nc(C)c(Cc2ccccc2)c3=O)c(C)c1. The Balaban J connectivity index is 1.53. The molecule has 0 unspecified atom stereocenters. The molecule has 1 aliphatic carbocycles. The van der Waals surface area contributed by atoms with E-state index in [4.69, 9.17) is 4.98 Å². The minimum atomic E-state index is 0.0766. The molecule has 2 heterocycles. The number of aromatic nitrogens is 2. The zero-order valence-electron chi connectivity index (χ0n) is 21.3. The number of nitrogens with zero attached hydrogens (tertiary/aromatic N) is 4. The minimum Gasteiger partial charge on any atom is -0.298 e. The van der Waals surface area contributed by atoms with E-state index in [0.717, 1.165) is 48.1 Å². The van der Waals surface area contributed by atoms with Crippen molar-refractivity contribution in [1.82, 2.24) is 14.5 Å². The van der Waals surface area contributed by atoms with Gasteiger partial charge in [-0.3, -0.25) is 19.2 Å². The molecule has 0 amide bonds. The fourth-order valence-corrected chi connectivity index (χ4v) is 5.40. The Morgan fingerprint density at radius 2 is 1.80 bits per heavy atom. The first-order valence-corrected chi connectivity index (χ1v) is 12.9. The molecule has 0 N–H and O–H groups in total. The van der Waals surface area contributed by atoms with Crippen LogP contribution in [0.25, 0.3) is 0 Å². The van der Waals surface area contributed by atoms with Crippen LogP contribution >= 0.6 is 0 Å². The number of hydrogen-bond acceptors (Lipinski definition) is 4. The van der Waals surface area contributed by atoms with E-state index in [0.29, 0.717) is 13.1 Å². The van der Waals surface area contributed by atoms with E-state index in [1.165, 1.54) is 36.8 Å². The number of rotatable bonds is 6. The highest BCUT2D eigenvalue weighted by Crippen LogP contribution is 2.31. The maximum Gasteiger partial charge on any atom is 0.259 e. The summed E-state index contributed by atoms with van der Waals surface area (Å²) >= 11 is 0. The van der Waals surface area contributed by atoms with Crippen LogP contribution in [0.4, 0.5) is 11.6 Å². The van der Waals surface area contributed by atoms with Crippen molar-refractivity contribution in [3.63, 3.8) is 0 Å². The second-order valence-electron chi connectivity index (χ2n) is 10.1. The largest absolute Gasteiger partial charge is 0.298 e. The topological polar surface area (TPSA) is 41.4 Å². The highest BCUT2D eigenvalue weighted by atomic mass is 16.1. The molecule has 2 aromatic carbocycles. The van der Waals surface area contributed by atoms with Gasteiger partial charge in [-0.1, -0.05) is 59.7 Å². The second kappa shape index (κ2) is 10.2. The Hall–Kier alpha value is -3.18. The zero-order chi connectivity index (χ0) is 24.4. The standard InChI is InChI=1S/C30H36N4O/c1-22-14-15-28(23(2)18-22)33-20-32(17-16-25-10-6-4-7-11-25)21-34-29(35)27(24(3)31-30(33)34)19-26-12-8-5-9-13-26/h5,8-10,12-15,18H,4,6-7,11,16-17,19-21H2,1-3H3. The Kier molecular flexibility index (Phi) is 6.87. The van der Waals surface area contributed by atoms with Gasteiger partial charge in [-0.2, -0.15) is 0 Å². The Bertz CT molecular complexity index is 1290. The second-order valence-corrected chi connectivity index (χ2v) is 10.1. The van der Waals surface area contributed by atoms with Crippen molar-refractivity contribution in [1.29, 1.82) is 0 Å². The van der Waals surface area contributed by atoms with E-state index in [9.17, 15) is 4.79 Å². The van der Waals surface area contributed by atoms with Crippen LogP contribution in [0.5, 0.6) is 0 Å². The quantitative estimate of drug-likeness (QED) is 0.415. The molecule has 182 valence electrons. The van der Waals surface area contributed by atoms with E-state index in [-0.39, 0.29) is 5.56 Å². The summed E-state index contributed by atoms with van der Waals surface area (Å²) in [5.41, 5.74) is 7.95. The molecule has 5 rings (SSSR count). The molecule has 3 aromatic rings. The molecule has 5 heteroatoms. The van der Waals surface area contributed by atoms with Crippen molar-refractivity contribution in [3.8, 4) is 0 Å². The average Bonchev–Trinajstić information content (AvgIpc) is 2.87. The van der Waals surface area contributed by atoms with Crippen LogP contribution in [-0.4, -0.2) is 27.7 Å². The van der Waals surface area contributed by atoms with E-state index in [1.807, 2.05) is 29.7 Å². The summed E-state index contributed by atoms with van der Waals surface area (Å²) in [6.45, 7) is 8.50. The molecular formula is C30H36N4O. The third-order valence-electron chi connectivity index (χ3n) is 7.37. The number of anilines is 2. The molecule has 0 atom stereocenters. The van der Waals surface area contributed by atoms with Crippen LogP contribution in [0, 0.1) is 20.8 Å². The highest BCUT2D eigenvalue weighted by Gasteiger charge is 2.28. The molecule has 1 aliphatic heterocycles. The third-order valence-corrected chi connectivity index (χ3v) is 7.37. The number of hydrogen-bond donors (Lipinski definition) is 0. The molecule has 35 heavy (non-hydrogen) atoms. The molecule has 0 bridgehead atoms. The number of allylic oxidation sites excluding steroid dienone is 1. The van der Waals surface area contributed by atoms with Crippen molar-refractivity contribution in [2.75, 3.05) is 18.1 Å². The van der Waals surface area contributed by atoms with Crippen LogP contribution in [-0.2, 0) is 13.1 Å². The van der Waals surface area contributed by atoms with Gasteiger partial charge in [-0.15, -0.1) is 0 Å². The minimum absolute atomic E-state index is 0.0766. The lowest BCUT2D eigenvalue weighted by molar-refractivity contribution is 0.199. The third kappa shape index (κ3) is 5.10. The Morgan fingerprint density at radius 1 is 0.971 bits per heavy atom. The van der Waals surface area contributed by atoms with Gasteiger partial charge in [0.25, 0.3) is 5.56 Å². The maximum atomic E-state index is 13.9. The monoisotopic (exact) mass is 468 g/mol. The normalized spacial score (nSPS) is 16.2. The fourth-order valence-electron chi connectivity index (χ4n) is 5.40. The summed E-state index contributed by atoms with van der Waals surface area (Å²) in [6, 6.07) is 16.7. The van der Waals surface area contributed by atoms with Crippen molar-refractivity contribution in [3.05, 3.63) is 98.5 Å². The molecular weight excluding hydrogens is 432 g/mol. The summed E-state index contributed by atoms with van der Waals surface area (Å²) in [6.07, 6.45) is 9.14. The van der Waals surface area contributed by atoms with E-state index < -0.39 is 0 Å². The van der Waals surface area contributed by atoms with Gasteiger partial charge in [-0.05, 0) is 70.1 Å². The molecule has 0 spiro atoms. The Morgan fingerprint density at radius 3 is 2.54 bits per heavy atom. The summed E-state index contributed by atoms with van der Waals surface area (Å²) in [7, 11) is 0. The average molecular weight is 469 g/mol. The smallest absolute Gasteiger partial charge is 0.259 e. The van der Waals surface area contributed by atoms with E-state index in [1.54, 1.807) is 5.57 Å². The molecule has 0 radical (unpaired) electrons. The van der Waals surface area contributed by atoms with Crippen LogP contribution in [0.3, 0.4) is 0 Å². The van der Waals surface area contributed by atoms with Gasteiger partial charge in [0.15, 0.2) is 0 Å². The molecule has 2 aliphatic rings. The van der Waals surface area contributed by atoms with Crippen LogP contribution in [0.15, 0.2) is 65.0 Å². The van der Waals surface area contributed by atoms with Crippen LogP contribution < -0.4 is 10.5 Å². The lowest BCUT2D eigenvalue weighted by Gasteiger charge is -2.39. The highest BCUT2D eigenvalue weighted by molar-refractivity contribution is 5.63. The fraction of sp³-hybridized carbons (Fsp3) is 0.400. The lowest BCUT2D eigenvalue weighted by Crippen LogP contribution is -2.48. The van der Waals surface area contributed by atoms with Gasteiger partial charge in [-0.25, -0.2) is 4.98 Å². The summed E-state index contributed by atoms with van der Waals surface area (Å²) in [5.74, 6) is 0.754. The first kappa shape index (κ1) is 23.6. The van der Waals surface area contributed by atoms with Gasteiger partial charge >= 0.3 is 0 Å². The summed E-state index contributed by atoms with van der Waals surface area (Å²) in [4.78, 5) is 23.5. The van der Waals surface area contributed by atoms with Gasteiger partial charge < -0.3 is 0 Å². The van der Waals surface area contributed by atoms with Gasteiger partial charge in [0.1, 0.15) is 0 Å². The van der Waals surface area contributed by atoms with Gasteiger partial charge in [0, 0.05) is 24.2 Å². The maximum absolute atomic E-state index is 13.9. The number of benzene rings is 2. The van der Waals surface area contributed by atoms with Crippen molar-refractivity contribution < 1.29 is 0 Å². The van der Waals surface area contributed by atoms with Crippen molar-refractivity contribution in [2.24, 2.45) is 0 Å². The summed E-state index contributed by atoms with van der Waals surface area (Å²) in [5, 5.41) is 0. The zero-order valence-corrected chi connectivity index (χ0v) is 21.3. The number of fused-ring (bicyclic) bond motifs is 1. The van der Waals surface area contributed by atoms with E-state index in [2.05, 4.69) is 60.1 Å². The molecule has 0 saturated carbocycles. The number of aryl methyl sites for hydroxylation is 3. The van der Waals surface area contributed by atoms with Crippen molar-refractivity contribution in [2.45, 2.75) is 66.0 Å². The van der Waals surface area contributed by atoms with Crippen LogP contribution in [0.1, 0.15) is 60.1 Å². The molecule has 5 nitrogen and oxygen atoms in total. The van der Waals surface area contributed by atoms with Crippen molar-refractivity contribution >= 4 is 11.6 Å². The lowest BCUT2D eigenvalue weighted by atomic mass is 9.97. The molecule has 0 saturated heterocycles. The van der Waals surface area contributed by atoms with Crippen LogP contribution in [0.2, 0.25) is 0 Å². The predicted octanol–water partition coefficient (Wildman–Crippen LogP) is 6.02. The van der Waals surface area contributed by atoms with Gasteiger partial charge in [0.2, 0.25) is 5.95 Å².